The van der Waals surface area contributed by atoms with E-state index in [1.165, 1.54) is 6.42 Å². The van der Waals surface area contributed by atoms with Gasteiger partial charge < -0.3 is 19.3 Å². The highest BCUT2D eigenvalue weighted by Crippen LogP contribution is 2.28. The first kappa shape index (κ1) is 15.8. The van der Waals surface area contributed by atoms with Gasteiger partial charge in [0.2, 0.25) is 5.89 Å². The van der Waals surface area contributed by atoms with Gasteiger partial charge >= 0.3 is 0 Å². The van der Waals surface area contributed by atoms with Crippen LogP contribution in [0.4, 0.5) is 0 Å². The first-order chi connectivity index (χ1) is 11.3. The lowest BCUT2D eigenvalue weighted by atomic mass is 10.0. The molecule has 1 saturated heterocycles. The number of ether oxygens (including phenoxy) is 2. The number of rotatable bonds is 7. The molecule has 0 aliphatic carbocycles. The summed E-state index contributed by atoms with van der Waals surface area (Å²) in [6.07, 6.45) is 3.82. The second-order valence-corrected chi connectivity index (χ2v) is 5.87. The van der Waals surface area contributed by atoms with E-state index in [1.54, 1.807) is 14.2 Å². The average molecular weight is 317 g/mol. The summed E-state index contributed by atoms with van der Waals surface area (Å²) in [5.74, 6) is 3.60. The van der Waals surface area contributed by atoms with E-state index in [2.05, 4.69) is 15.5 Å². The van der Waals surface area contributed by atoms with Gasteiger partial charge in [0.25, 0.3) is 0 Å². The highest BCUT2D eigenvalue weighted by Gasteiger charge is 2.16. The van der Waals surface area contributed by atoms with Crippen LogP contribution in [0.1, 0.15) is 30.1 Å². The Balaban J connectivity index is 1.59. The minimum absolute atomic E-state index is 0.620. The summed E-state index contributed by atoms with van der Waals surface area (Å²) in [4.78, 5) is 4.49. The van der Waals surface area contributed by atoms with Crippen LogP contribution in [0.5, 0.6) is 11.5 Å². The third-order valence-electron chi connectivity index (χ3n) is 4.25. The lowest BCUT2D eigenvalue weighted by molar-refractivity contribution is 0.354. The fraction of sp³-hybridized carbons (Fsp3) is 0.529. The van der Waals surface area contributed by atoms with Crippen molar-refractivity contribution in [1.82, 2.24) is 15.5 Å². The zero-order valence-electron chi connectivity index (χ0n) is 13.7. The van der Waals surface area contributed by atoms with Gasteiger partial charge in [-0.1, -0.05) is 11.2 Å². The van der Waals surface area contributed by atoms with Crippen molar-refractivity contribution in [3.63, 3.8) is 0 Å². The smallest absolute Gasteiger partial charge is 0.226 e. The SMILES string of the molecule is COc1ccc(Cc2noc(CCC3CCNC3)n2)cc1OC. The zero-order chi connectivity index (χ0) is 16.1. The van der Waals surface area contributed by atoms with Gasteiger partial charge in [0.15, 0.2) is 17.3 Å². The molecule has 0 saturated carbocycles. The number of methoxy groups -OCH3 is 2. The predicted octanol–water partition coefficient (Wildman–Crippen LogP) is 2.22. The summed E-state index contributed by atoms with van der Waals surface area (Å²) < 4.78 is 15.9. The lowest BCUT2D eigenvalue weighted by Crippen LogP contribution is -2.09. The van der Waals surface area contributed by atoms with Gasteiger partial charge in [-0.3, -0.25) is 0 Å². The molecule has 1 aliphatic rings. The first-order valence-corrected chi connectivity index (χ1v) is 8.01. The van der Waals surface area contributed by atoms with E-state index in [0.29, 0.717) is 18.0 Å². The topological polar surface area (TPSA) is 69.4 Å². The van der Waals surface area contributed by atoms with Crippen LogP contribution in [0.25, 0.3) is 0 Å². The van der Waals surface area contributed by atoms with Gasteiger partial charge in [-0.25, -0.2) is 0 Å². The van der Waals surface area contributed by atoms with Crippen molar-refractivity contribution in [2.45, 2.75) is 25.7 Å². The lowest BCUT2D eigenvalue weighted by Gasteiger charge is -2.08. The van der Waals surface area contributed by atoms with Crippen LogP contribution in [0, 0.1) is 5.92 Å². The molecule has 0 radical (unpaired) electrons. The summed E-state index contributed by atoms with van der Waals surface area (Å²) in [5, 5.41) is 7.46. The molecule has 2 aromatic rings. The average Bonchev–Trinajstić information content (AvgIpc) is 3.24. The summed E-state index contributed by atoms with van der Waals surface area (Å²) in [5.41, 5.74) is 1.06. The van der Waals surface area contributed by atoms with Crippen LogP contribution in [-0.2, 0) is 12.8 Å². The molecule has 2 heterocycles. The Morgan fingerprint density at radius 1 is 1.26 bits per heavy atom. The number of hydrogen-bond acceptors (Lipinski definition) is 6. The van der Waals surface area contributed by atoms with Crippen molar-refractivity contribution in [2.75, 3.05) is 27.3 Å². The molecule has 1 aromatic heterocycles. The number of aryl methyl sites for hydroxylation is 1. The van der Waals surface area contributed by atoms with Crippen LogP contribution in [0.3, 0.4) is 0 Å². The van der Waals surface area contributed by atoms with Crippen LogP contribution in [0.15, 0.2) is 22.7 Å². The van der Waals surface area contributed by atoms with E-state index in [1.807, 2.05) is 18.2 Å². The zero-order valence-corrected chi connectivity index (χ0v) is 13.7. The molecule has 1 fully saturated rings. The molecule has 1 atom stereocenters. The van der Waals surface area contributed by atoms with Crippen molar-refractivity contribution >= 4 is 0 Å². The van der Waals surface area contributed by atoms with E-state index in [-0.39, 0.29) is 0 Å². The maximum atomic E-state index is 5.36. The van der Waals surface area contributed by atoms with Gasteiger partial charge in [-0.15, -0.1) is 0 Å². The van der Waals surface area contributed by atoms with Gasteiger partial charge in [-0.2, -0.15) is 4.98 Å². The number of nitrogens with one attached hydrogen (secondary N) is 1. The Labute approximate surface area is 136 Å². The standard InChI is InChI=1S/C17H23N3O3/c1-21-14-5-3-13(9-15(14)22-2)10-16-19-17(23-20-16)6-4-12-7-8-18-11-12/h3,5,9,12,18H,4,6-8,10-11H2,1-2H3. The molecule has 3 rings (SSSR count). The Bertz CT molecular complexity index is 636. The second kappa shape index (κ2) is 7.46. The molecule has 1 aromatic carbocycles. The largest absolute Gasteiger partial charge is 0.493 e. The molecular formula is C17H23N3O3. The van der Waals surface area contributed by atoms with E-state index < -0.39 is 0 Å². The number of benzene rings is 1. The fourth-order valence-corrected chi connectivity index (χ4v) is 2.93. The predicted molar refractivity (Wildman–Crippen MR) is 85.9 cm³/mol. The Kier molecular flexibility index (Phi) is 5.12. The van der Waals surface area contributed by atoms with Gasteiger partial charge in [-0.05, 0) is 49.5 Å². The van der Waals surface area contributed by atoms with Gasteiger partial charge in [0, 0.05) is 12.8 Å². The van der Waals surface area contributed by atoms with E-state index in [4.69, 9.17) is 14.0 Å². The van der Waals surface area contributed by atoms with Crippen molar-refractivity contribution < 1.29 is 14.0 Å². The molecule has 1 aliphatic heterocycles. The van der Waals surface area contributed by atoms with E-state index in [0.717, 1.165) is 49.1 Å². The minimum Gasteiger partial charge on any atom is -0.493 e. The van der Waals surface area contributed by atoms with Crippen LogP contribution < -0.4 is 14.8 Å². The third-order valence-corrected chi connectivity index (χ3v) is 4.25. The molecule has 6 heteroatoms. The fourth-order valence-electron chi connectivity index (χ4n) is 2.93. The molecule has 23 heavy (non-hydrogen) atoms. The summed E-state index contributed by atoms with van der Waals surface area (Å²) >= 11 is 0. The van der Waals surface area contributed by atoms with E-state index >= 15 is 0 Å². The maximum absolute atomic E-state index is 5.36. The maximum Gasteiger partial charge on any atom is 0.226 e. The first-order valence-electron chi connectivity index (χ1n) is 8.01. The monoisotopic (exact) mass is 317 g/mol. The van der Waals surface area contributed by atoms with Crippen LogP contribution in [0.2, 0.25) is 0 Å². The van der Waals surface area contributed by atoms with E-state index in [9.17, 15) is 0 Å². The molecular weight excluding hydrogens is 294 g/mol. The molecule has 1 unspecified atom stereocenters. The molecule has 0 amide bonds. The molecule has 0 spiro atoms. The minimum atomic E-state index is 0.620. The molecule has 6 nitrogen and oxygen atoms in total. The van der Waals surface area contributed by atoms with Crippen molar-refractivity contribution in [2.24, 2.45) is 5.92 Å². The third kappa shape index (κ3) is 4.01. The Hall–Kier alpha value is -2.08. The molecule has 1 N–H and O–H groups in total. The summed E-state index contributed by atoms with van der Waals surface area (Å²) in [6.45, 7) is 2.23. The highest BCUT2D eigenvalue weighted by atomic mass is 16.5. The normalized spacial score (nSPS) is 17.4. The highest BCUT2D eigenvalue weighted by molar-refractivity contribution is 5.43. The van der Waals surface area contributed by atoms with Crippen molar-refractivity contribution in [1.29, 1.82) is 0 Å². The summed E-state index contributed by atoms with van der Waals surface area (Å²) in [6, 6.07) is 5.82. The van der Waals surface area contributed by atoms with Crippen LogP contribution >= 0.6 is 0 Å². The number of aromatic nitrogens is 2. The van der Waals surface area contributed by atoms with Crippen molar-refractivity contribution in [3.8, 4) is 11.5 Å². The molecule has 0 bridgehead atoms. The Morgan fingerprint density at radius 3 is 2.87 bits per heavy atom. The van der Waals surface area contributed by atoms with Gasteiger partial charge in [0.05, 0.1) is 14.2 Å². The van der Waals surface area contributed by atoms with Crippen LogP contribution in [-0.4, -0.2) is 37.4 Å². The molecule has 124 valence electrons. The Morgan fingerprint density at radius 2 is 2.13 bits per heavy atom. The second-order valence-electron chi connectivity index (χ2n) is 5.87. The van der Waals surface area contributed by atoms with Crippen molar-refractivity contribution in [3.05, 3.63) is 35.5 Å². The summed E-state index contributed by atoms with van der Waals surface area (Å²) in [7, 11) is 3.26. The number of hydrogen-bond donors (Lipinski definition) is 1. The quantitative estimate of drug-likeness (QED) is 0.844. The van der Waals surface area contributed by atoms with Gasteiger partial charge in [0.1, 0.15) is 0 Å². The number of nitrogens with zero attached hydrogens (tertiary/aromatic N) is 2.